The zero-order valence-electron chi connectivity index (χ0n) is 11.8. The second-order valence-electron chi connectivity index (χ2n) is 5.00. The van der Waals surface area contributed by atoms with Gasteiger partial charge < -0.3 is 5.73 Å². The van der Waals surface area contributed by atoms with Gasteiger partial charge in [0.05, 0.1) is 10.6 Å². The van der Waals surface area contributed by atoms with Gasteiger partial charge in [-0.2, -0.15) is 0 Å². The molecule has 0 amide bonds. The molecule has 106 valence electrons. The summed E-state index contributed by atoms with van der Waals surface area (Å²) >= 11 is 0. The zero-order chi connectivity index (χ0) is 14.9. The van der Waals surface area contributed by atoms with E-state index in [1.165, 1.54) is 6.07 Å². The number of anilines is 2. The van der Waals surface area contributed by atoms with Gasteiger partial charge in [-0.05, 0) is 61.7 Å². The van der Waals surface area contributed by atoms with Crippen molar-refractivity contribution in [2.24, 2.45) is 0 Å². The van der Waals surface area contributed by atoms with Crippen molar-refractivity contribution in [3.05, 3.63) is 53.1 Å². The Hall–Kier alpha value is -2.01. The second kappa shape index (κ2) is 5.17. The van der Waals surface area contributed by atoms with E-state index in [0.29, 0.717) is 11.4 Å². The lowest BCUT2D eigenvalue weighted by molar-refractivity contribution is 0.601. The highest BCUT2D eigenvalue weighted by Crippen LogP contribution is 2.22. The lowest BCUT2D eigenvalue weighted by atomic mass is 10.1. The fourth-order valence-electron chi connectivity index (χ4n) is 1.98. The summed E-state index contributed by atoms with van der Waals surface area (Å²) in [6, 6.07) is 10.4. The number of aryl methyl sites for hydroxylation is 3. The Balaban J connectivity index is 2.43. The summed E-state index contributed by atoms with van der Waals surface area (Å²) in [6.07, 6.45) is 0. The van der Waals surface area contributed by atoms with Crippen molar-refractivity contribution >= 4 is 21.4 Å². The summed E-state index contributed by atoms with van der Waals surface area (Å²) in [5, 5.41) is 0. The molecular weight excluding hydrogens is 272 g/mol. The predicted molar refractivity (Wildman–Crippen MR) is 82.3 cm³/mol. The number of nitrogens with one attached hydrogen (secondary N) is 1. The van der Waals surface area contributed by atoms with Crippen LogP contribution in [0.4, 0.5) is 11.4 Å². The molecule has 0 fully saturated rings. The third kappa shape index (κ3) is 3.11. The van der Waals surface area contributed by atoms with Crippen LogP contribution in [0.15, 0.2) is 41.3 Å². The van der Waals surface area contributed by atoms with E-state index < -0.39 is 10.0 Å². The van der Waals surface area contributed by atoms with Crippen LogP contribution in [0.3, 0.4) is 0 Å². The highest BCUT2D eigenvalue weighted by atomic mass is 32.2. The third-order valence-electron chi connectivity index (χ3n) is 3.02. The highest BCUT2D eigenvalue weighted by molar-refractivity contribution is 7.92. The van der Waals surface area contributed by atoms with E-state index >= 15 is 0 Å². The standard InChI is InChI=1S/C15H18N2O2S/c1-10-4-5-12(3)15(8-10)17-20(18,19)14-7-11(2)6-13(16)9-14/h4-9,17H,16H2,1-3H3. The van der Waals surface area contributed by atoms with Gasteiger partial charge in [0.2, 0.25) is 0 Å². The van der Waals surface area contributed by atoms with Crippen LogP contribution in [0.25, 0.3) is 0 Å². The highest BCUT2D eigenvalue weighted by Gasteiger charge is 2.16. The average molecular weight is 290 g/mol. The first-order chi connectivity index (χ1) is 9.28. The maximum absolute atomic E-state index is 12.4. The molecule has 20 heavy (non-hydrogen) atoms. The molecule has 0 saturated heterocycles. The third-order valence-corrected chi connectivity index (χ3v) is 4.37. The summed E-state index contributed by atoms with van der Waals surface area (Å²) in [5.74, 6) is 0. The van der Waals surface area contributed by atoms with Crippen LogP contribution in [-0.4, -0.2) is 8.42 Å². The van der Waals surface area contributed by atoms with Crippen LogP contribution in [-0.2, 0) is 10.0 Å². The molecule has 2 aromatic rings. The van der Waals surface area contributed by atoms with Gasteiger partial charge in [0.1, 0.15) is 0 Å². The fraction of sp³-hybridized carbons (Fsp3) is 0.200. The largest absolute Gasteiger partial charge is 0.399 e. The van der Waals surface area contributed by atoms with Gasteiger partial charge in [0, 0.05) is 5.69 Å². The summed E-state index contributed by atoms with van der Waals surface area (Å²) in [5.41, 5.74) is 9.42. The summed E-state index contributed by atoms with van der Waals surface area (Å²) in [6.45, 7) is 5.59. The summed E-state index contributed by atoms with van der Waals surface area (Å²) in [4.78, 5) is 0.177. The Morgan fingerprint density at radius 2 is 1.65 bits per heavy atom. The van der Waals surface area contributed by atoms with Crippen molar-refractivity contribution in [3.8, 4) is 0 Å². The van der Waals surface area contributed by atoms with Crippen LogP contribution >= 0.6 is 0 Å². The molecule has 0 spiro atoms. The van der Waals surface area contributed by atoms with Crippen molar-refractivity contribution in [2.45, 2.75) is 25.7 Å². The van der Waals surface area contributed by atoms with Crippen molar-refractivity contribution in [3.63, 3.8) is 0 Å². The van der Waals surface area contributed by atoms with Crippen LogP contribution in [0.1, 0.15) is 16.7 Å². The first-order valence-corrected chi connectivity index (χ1v) is 7.73. The second-order valence-corrected chi connectivity index (χ2v) is 6.69. The monoisotopic (exact) mass is 290 g/mol. The topological polar surface area (TPSA) is 72.2 Å². The molecule has 4 nitrogen and oxygen atoms in total. The molecule has 0 aliphatic rings. The minimum absolute atomic E-state index is 0.177. The normalized spacial score (nSPS) is 11.3. The van der Waals surface area contributed by atoms with Crippen LogP contribution in [0.2, 0.25) is 0 Å². The van der Waals surface area contributed by atoms with E-state index in [2.05, 4.69) is 4.72 Å². The van der Waals surface area contributed by atoms with E-state index in [9.17, 15) is 8.42 Å². The molecule has 0 atom stereocenters. The summed E-state index contributed by atoms with van der Waals surface area (Å²) in [7, 11) is -3.63. The number of nitrogens with two attached hydrogens (primary N) is 1. The first kappa shape index (κ1) is 14.4. The summed E-state index contributed by atoms with van der Waals surface area (Å²) < 4.78 is 27.4. The molecule has 0 aliphatic heterocycles. The zero-order valence-corrected chi connectivity index (χ0v) is 12.6. The van der Waals surface area contributed by atoms with Gasteiger partial charge in [-0.1, -0.05) is 12.1 Å². The van der Waals surface area contributed by atoms with Gasteiger partial charge in [0.15, 0.2) is 0 Å². The smallest absolute Gasteiger partial charge is 0.261 e. The van der Waals surface area contributed by atoms with Crippen molar-refractivity contribution < 1.29 is 8.42 Å². The molecule has 2 rings (SSSR count). The van der Waals surface area contributed by atoms with Gasteiger partial charge in [0.25, 0.3) is 10.0 Å². The van der Waals surface area contributed by atoms with E-state index in [1.807, 2.05) is 39.0 Å². The minimum Gasteiger partial charge on any atom is -0.399 e. The van der Waals surface area contributed by atoms with Gasteiger partial charge >= 0.3 is 0 Å². The van der Waals surface area contributed by atoms with Crippen LogP contribution < -0.4 is 10.5 Å². The number of nitrogen functional groups attached to an aromatic ring is 1. The Labute approximate surface area is 119 Å². The van der Waals surface area contributed by atoms with E-state index in [0.717, 1.165) is 16.7 Å². The number of hydrogen-bond acceptors (Lipinski definition) is 3. The lowest BCUT2D eigenvalue weighted by Crippen LogP contribution is -2.14. The van der Waals surface area contributed by atoms with Crippen molar-refractivity contribution in [1.82, 2.24) is 0 Å². The molecule has 0 bridgehead atoms. The van der Waals surface area contributed by atoms with E-state index in [4.69, 9.17) is 5.73 Å². The van der Waals surface area contributed by atoms with E-state index in [-0.39, 0.29) is 4.90 Å². The molecule has 0 heterocycles. The Kier molecular flexibility index (Phi) is 3.72. The SMILES string of the molecule is Cc1cc(N)cc(S(=O)(=O)Nc2cc(C)ccc2C)c1. The maximum Gasteiger partial charge on any atom is 0.261 e. The van der Waals surface area contributed by atoms with Crippen molar-refractivity contribution in [1.29, 1.82) is 0 Å². The molecule has 3 N–H and O–H groups in total. The number of rotatable bonds is 3. The predicted octanol–water partition coefficient (Wildman–Crippen LogP) is 2.99. The van der Waals surface area contributed by atoms with Gasteiger partial charge in [-0.25, -0.2) is 8.42 Å². The van der Waals surface area contributed by atoms with Gasteiger partial charge in [-0.15, -0.1) is 0 Å². The van der Waals surface area contributed by atoms with Crippen molar-refractivity contribution in [2.75, 3.05) is 10.5 Å². The first-order valence-electron chi connectivity index (χ1n) is 6.25. The Morgan fingerprint density at radius 3 is 2.30 bits per heavy atom. The lowest BCUT2D eigenvalue weighted by Gasteiger charge is -2.12. The number of sulfonamides is 1. The quantitative estimate of drug-likeness (QED) is 0.854. The molecule has 5 heteroatoms. The molecule has 2 aromatic carbocycles. The Bertz CT molecular complexity index is 732. The van der Waals surface area contributed by atoms with E-state index in [1.54, 1.807) is 12.1 Å². The Morgan fingerprint density at radius 1 is 0.950 bits per heavy atom. The molecular formula is C15H18N2O2S. The molecule has 0 aliphatic carbocycles. The maximum atomic E-state index is 12.4. The molecule has 0 radical (unpaired) electrons. The number of hydrogen-bond donors (Lipinski definition) is 2. The fourth-order valence-corrected chi connectivity index (χ4v) is 3.24. The molecule has 0 unspecified atom stereocenters. The number of benzene rings is 2. The van der Waals surface area contributed by atoms with Crippen LogP contribution in [0, 0.1) is 20.8 Å². The van der Waals surface area contributed by atoms with Gasteiger partial charge in [-0.3, -0.25) is 4.72 Å². The molecule has 0 saturated carbocycles. The molecule has 0 aromatic heterocycles. The van der Waals surface area contributed by atoms with Crippen LogP contribution in [0.5, 0.6) is 0 Å². The average Bonchev–Trinajstić information content (AvgIpc) is 2.32. The minimum atomic E-state index is -3.63.